The molecule has 0 unspecified atom stereocenters. The monoisotopic (exact) mass is 420 g/mol. The molecule has 0 radical (unpaired) electrons. The Morgan fingerprint density at radius 3 is 2.47 bits per heavy atom. The number of rotatable bonds is 7. The van der Waals surface area contributed by atoms with Crippen molar-refractivity contribution in [3.63, 3.8) is 0 Å². The number of para-hydroxylation sites is 1. The highest BCUT2D eigenvalue weighted by Crippen LogP contribution is 2.25. The van der Waals surface area contributed by atoms with Gasteiger partial charge in [-0.2, -0.15) is 0 Å². The second-order valence-electron chi connectivity index (χ2n) is 6.70. The Kier molecular flexibility index (Phi) is 6.88. The zero-order chi connectivity index (χ0) is 20.1. The lowest BCUT2D eigenvalue weighted by molar-refractivity contribution is -0.131. The van der Waals surface area contributed by atoms with Gasteiger partial charge in [0.05, 0.1) is 5.52 Å². The van der Waals surface area contributed by atoms with Crippen molar-refractivity contribution in [3.05, 3.63) is 101 Å². The smallest absolute Gasteiger partial charge is 0.328 e. The number of hydrogen-bond acceptors (Lipinski definition) is 3. The van der Waals surface area contributed by atoms with E-state index in [1.807, 2.05) is 72.8 Å². The van der Waals surface area contributed by atoms with Crippen molar-refractivity contribution >= 4 is 35.5 Å². The van der Waals surface area contributed by atoms with Crippen molar-refractivity contribution in [2.24, 2.45) is 0 Å². The first-order valence-corrected chi connectivity index (χ1v) is 9.32. The van der Waals surface area contributed by atoms with Gasteiger partial charge >= 0.3 is 5.97 Å². The maximum absolute atomic E-state index is 10.6. The van der Waals surface area contributed by atoms with E-state index in [-0.39, 0.29) is 12.4 Å². The number of aromatic amines is 1. The predicted molar refractivity (Wildman–Crippen MR) is 120 cm³/mol. The van der Waals surface area contributed by atoms with Crippen LogP contribution in [-0.4, -0.2) is 21.0 Å². The van der Waals surface area contributed by atoms with Gasteiger partial charge in [0.2, 0.25) is 0 Å². The summed E-state index contributed by atoms with van der Waals surface area (Å²) >= 11 is 0. The van der Waals surface area contributed by atoms with Gasteiger partial charge in [0.25, 0.3) is 0 Å². The van der Waals surface area contributed by atoms with Crippen LogP contribution in [0.15, 0.2) is 78.9 Å². The highest BCUT2D eigenvalue weighted by molar-refractivity contribution is 5.85. The quantitative estimate of drug-likeness (QED) is 0.400. The third-order valence-corrected chi connectivity index (χ3v) is 4.53. The molecule has 0 aliphatic heterocycles. The van der Waals surface area contributed by atoms with Crippen molar-refractivity contribution in [1.82, 2.24) is 9.97 Å². The van der Waals surface area contributed by atoms with E-state index in [0.717, 1.165) is 45.4 Å². The van der Waals surface area contributed by atoms with E-state index < -0.39 is 5.97 Å². The van der Waals surface area contributed by atoms with E-state index >= 15 is 0 Å². The lowest BCUT2D eigenvalue weighted by Gasteiger charge is -2.06. The summed E-state index contributed by atoms with van der Waals surface area (Å²) in [6.07, 6.45) is 3.35. The van der Waals surface area contributed by atoms with Crippen LogP contribution in [0.25, 0.3) is 17.1 Å². The number of aromatic nitrogens is 2. The maximum Gasteiger partial charge on any atom is 0.328 e. The molecule has 0 spiro atoms. The van der Waals surface area contributed by atoms with Gasteiger partial charge in [-0.1, -0.05) is 60.7 Å². The van der Waals surface area contributed by atoms with E-state index in [1.165, 1.54) is 0 Å². The van der Waals surface area contributed by atoms with Crippen LogP contribution in [0.4, 0.5) is 0 Å². The van der Waals surface area contributed by atoms with Crippen LogP contribution < -0.4 is 4.74 Å². The first-order valence-electron chi connectivity index (χ1n) is 9.32. The molecule has 4 aromatic rings. The summed E-state index contributed by atoms with van der Waals surface area (Å²) in [6.45, 7) is 0.494. The minimum Gasteiger partial charge on any atom is -0.487 e. The van der Waals surface area contributed by atoms with Crippen LogP contribution in [0.2, 0.25) is 0 Å². The van der Waals surface area contributed by atoms with Gasteiger partial charge in [0.1, 0.15) is 23.7 Å². The summed E-state index contributed by atoms with van der Waals surface area (Å²) in [5.41, 5.74) is 4.80. The van der Waals surface area contributed by atoms with Gasteiger partial charge in [0, 0.05) is 12.5 Å². The van der Waals surface area contributed by atoms with Gasteiger partial charge in [-0.05, 0) is 34.9 Å². The Morgan fingerprint density at radius 1 is 0.967 bits per heavy atom. The average molecular weight is 421 g/mol. The minimum absolute atomic E-state index is 0. The average Bonchev–Trinajstić information content (AvgIpc) is 3.15. The van der Waals surface area contributed by atoms with E-state index in [4.69, 9.17) is 14.8 Å². The van der Waals surface area contributed by atoms with Crippen LogP contribution in [0.1, 0.15) is 22.5 Å². The number of imidazole rings is 1. The van der Waals surface area contributed by atoms with Gasteiger partial charge in [-0.3, -0.25) is 0 Å². The van der Waals surface area contributed by atoms with Crippen LogP contribution in [0, 0.1) is 0 Å². The number of halogens is 1. The van der Waals surface area contributed by atoms with Gasteiger partial charge in [-0.25, -0.2) is 9.78 Å². The summed E-state index contributed by atoms with van der Waals surface area (Å²) in [5, 5.41) is 8.71. The number of nitrogens with zero attached hydrogens (tertiary/aromatic N) is 1. The largest absolute Gasteiger partial charge is 0.487 e. The molecule has 4 rings (SSSR count). The molecular formula is C24H21ClN2O3. The molecule has 5 nitrogen and oxygen atoms in total. The lowest BCUT2D eigenvalue weighted by atomic mass is 10.1. The zero-order valence-corrected chi connectivity index (χ0v) is 16.9. The fourth-order valence-electron chi connectivity index (χ4n) is 3.10. The van der Waals surface area contributed by atoms with Crippen molar-refractivity contribution in [2.45, 2.75) is 13.0 Å². The van der Waals surface area contributed by atoms with Crippen molar-refractivity contribution < 1.29 is 14.6 Å². The summed E-state index contributed by atoms with van der Waals surface area (Å²) < 4.78 is 5.99. The summed E-state index contributed by atoms with van der Waals surface area (Å²) in [5.74, 6) is 0.647. The first-order chi connectivity index (χ1) is 14.2. The van der Waals surface area contributed by atoms with E-state index in [0.29, 0.717) is 13.0 Å². The van der Waals surface area contributed by atoms with E-state index in [2.05, 4.69) is 4.98 Å². The molecule has 0 atom stereocenters. The number of benzene rings is 3. The molecular weight excluding hydrogens is 400 g/mol. The van der Waals surface area contributed by atoms with Crippen LogP contribution in [0.3, 0.4) is 0 Å². The van der Waals surface area contributed by atoms with Crippen LogP contribution in [-0.2, 0) is 17.8 Å². The summed E-state index contributed by atoms with van der Waals surface area (Å²) in [4.78, 5) is 18.7. The highest BCUT2D eigenvalue weighted by Gasteiger charge is 2.09. The molecule has 1 heterocycles. The fourth-order valence-corrected chi connectivity index (χ4v) is 3.10. The molecule has 0 aliphatic carbocycles. The molecule has 0 saturated carbocycles. The second kappa shape index (κ2) is 9.76. The fraction of sp³-hybridized carbons (Fsp3) is 0.0833. The topological polar surface area (TPSA) is 75.2 Å². The lowest BCUT2D eigenvalue weighted by Crippen LogP contribution is -1.95. The SMILES string of the molecule is Cl.O=C(O)/C=C/c1ccc(Cc2nc3c(OCc4ccccc4)cccc3[nH]2)cc1. The van der Waals surface area contributed by atoms with Crippen LogP contribution in [0.5, 0.6) is 5.75 Å². The molecule has 0 bridgehead atoms. The molecule has 152 valence electrons. The van der Waals surface area contributed by atoms with E-state index in [1.54, 1.807) is 6.08 Å². The van der Waals surface area contributed by atoms with Gasteiger partial charge in [-0.15, -0.1) is 12.4 Å². The molecule has 6 heteroatoms. The highest BCUT2D eigenvalue weighted by atomic mass is 35.5. The van der Waals surface area contributed by atoms with Crippen molar-refractivity contribution in [2.75, 3.05) is 0 Å². The maximum atomic E-state index is 10.6. The van der Waals surface area contributed by atoms with Crippen molar-refractivity contribution in [3.8, 4) is 5.75 Å². The number of ether oxygens (including phenoxy) is 1. The number of carboxylic acid groups (broad SMARTS) is 1. The molecule has 1 aromatic heterocycles. The van der Waals surface area contributed by atoms with Crippen LogP contribution >= 0.6 is 12.4 Å². The normalized spacial score (nSPS) is 10.8. The third-order valence-electron chi connectivity index (χ3n) is 4.53. The number of nitrogens with one attached hydrogen (secondary N) is 1. The second-order valence-corrected chi connectivity index (χ2v) is 6.70. The third kappa shape index (κ3) is 5.27. The van der Waals surface area contributed by atoms with Gasteiger partial charge < -0.3 is 14.8 Å². The molecule has 0 aliphatic rings. The zero-order valence-electron chi connectivity index (χ0n) is 16.1. The molecule has 0 fully saturated rings. The van der Waals surface area contributed by atoms with Gasteiger partial charge in [0.15, 0.2) is 0 Å². The Morgan fingerprint density at radius 2 is 1.73 bits per heavy atom. The predicted octanol–water partition coefficient (Wildman–Crippen LogP) is 5.25. The van der Waals surface area contributed by atoms with Crippen molar-refractivity contribution in [1.29, 1.82) is 0 Å². The molecule has 30 heavy (non-hydrogen) atoms. The number of aliphatic carboxylic acids is 1. The first kappa shape index (κ1) is 21.1. The van der Waals surface area contributed by atoms with E-state index in [9.17, 15) is 4.79 Å². The summed E-state index contributed by atoms with van der Waals surface area (Å²) in [6, 6.07) is 23.6. The Labute approximate surface area is 180 Å². The molecule has 0 saturated heterocycles. The number of hydrogen-bond donors (Lipinski definition) is 2. The molecule has 0 amide bonds. The Balaban J connectivity index is 0.00000256. The molecule has 3 aromatic carbocycles. The summed E-state index contributed by atoms with van der Waals surface area (Å²) in [7, 11) is 0. The number of H-pyrrole nitrogens is 1. The number of carbonyl (C=O) groups is 1. The Bertz CT molecular complexity index is 1150. The number of fused-ring (bicyclic) bond motifs is 1. The molecule has 2 N–H and O–H groups in total. The Hall–Kier alpha value is -3.57. The minimum atomic E-state index is -0.957. The standard InChI is InChI=1S/C24H20N2O3.ClH/c27-23(28)14-13-17-9-11-18(12-10-17)15-22-25-20-7-4-8-21(24(20)26-22)29-16-19-5-2-1-3-6-19;/h1-14H,15-16H2,(H,25,26)(H,27,28);1H/b14-13+;. The number of carboxylic acids is 1.